The predicted octanol–water partition coefficient (Wildman–Crippen LogP) is 5.31. The summed E-state index contributed by atoms with van der Waals surface area (Å²) in [6, 6.07) is 16.3. The molecule has 1 aliphatic heterocycles. The van der Waals surface area contributed by atoms with Gasteiger partial charge in [-0.15, -0.1) is 12.4 Å². The summed E-state index contributed by atoms with van der Waals surface area (Å²) in [5.41, 5.74) is 3.25. The van der Waals surface area contributed by atoms with Crippen molar-refractivity contribution in [2.75, 3.05) is 19.8 Å². The first-order valence-electron chi connectivity index (χ1n) is 11.1. The Kier molecular flexibility index (Phi) is 8.35. The van der Waals surface area contributed by atoms with Crippen molar-refractivity contribution in [1.82, 2.24) is 9.55 Å². The maximum Gasteiger partial charge on any atom is 0.122 e. The van der Waals surface area contributed by atoms with Gasteiger partial charge in [-0.2, -0.15) is 0 Å². The van der Waals surface area contributed by atoms with Crippen LogP contribution in [0.15, 0.2) is 48.5 Å². The van der Waals surface area contributed by atoms with Crippen molar-refractivity contribution >= 4 is 23.4 Å². The molecular weight excluding hydrogens is 412 g/mol. The Hall–Kier alpha value is -2.08. The Morgan fingerprint density at radius 3 is 2.61 bits per heavy atom. The van der Waals surface area contributed by atoms with E-state index in [9.17, 15) is 5.11 Å². The van der Waals surface area contributed by atoms with Crippen molar-refractivity contribution in [2.24, 2.45) is 0 Å². The van der Waals surface area contributed by atoms with Crippen LogP contribution < -0.4 is 4.74 Å². The lowest BCUT2D eigenvalue weighted by Crippen LogP contribution is -2.26. The number of aromatic nitrogens is 2. The number of aliphatic hydroxyl groups is 1. The van der Waals surface area contributed by atoms with Crippen molar-refractivity contribution in [2.45, 2.75) is 57.6 Å². The molecule has 168 valence electrons. The van der Waals surface area contributed by atoms with Crippen LogP contribution in [0.25, 0.3) is 11.0 Å². The van der Waals surface area contributed by atoms with E-state index in [1.807, 2.05) is 36.4 Å². The van der Waals surface area contributed by atoms with E-state index in [0.29, 0.717) is 18.4 Å². The maximum atomic E-state index is 10.9. The summed E-state index contributed by atoms with van der Waals surface area (Å²) in [4.78, 5) is 4.91. The highest BCUT2D eigenvalue weighted by atomic mass is 35.5. The number of ether oxygens (including phenoxy) is 2. The SMILES string of the molecule is CCC(C)c1ccccc1OCC(O)Cn1c(C2CCOCC2)nc2ccccc21.Cl. The average molecular weight is 445 g/mol. The fraction of sp³-hybridized carbons (Fsp3) is 0.480. The lowest BCUT2D eigenvalue weighted by atomic mass is 9.98. The molecule has 5 nitrogen and oxygen atoms in total. The highest BCUT2D eigenvalue weighted by molar-refractivity contribution is 5.85. The molecule has 2 aromatic carbocycles. The second-order valence-electron chi connectivity index (χ2n) is 8.27. The molecule has 1 aliphatic rings. The summed E-state index contributed by atoms with van der Waals surface area (Å²) in [5.74, 6) is 2.71. The topological polar surface area (TPSA) is 56.5 Å². The van der Waals surface area contributed by atoms with E-state index < -0.39 is 6.10 Å². The Labute approximate surface area is 190 Å². The third-order valence-corrected chi connectivity index (χ3v) is 6.16. The molecule has 6 heteroatoms. The molecule has 0 spiro atoms. The van der Waals surface area contributed by atoms with Gasteiger partial charge in [0.1, 0.15) is 24.3 Å². The van der Waals surface area contributed by atoms with E-state index in [2.05, 4.69) is 30.5 Å². The van der Waals surface area contributed by atoms with E-state index in [4.69, 9.17) is 14.5 Å². The van der Waals surface area contributed by atoms with Crippen LogP contribution >= 0.6 is 12.4 Å². The molecule has 0 aliphatic carbocycles. The molecular formula is C25H33ClN2O3. The van der Waals surface area contributed by atoms with Gasteiger partial charge in [-0.05, 0) is 48.9 Å². The molecule has 3 aromatic rings. The molecule has 1 N–H and O–H groups in total. The predicted molar refractivity (Wildman–Crippen MR) is 126 cm³/mol. The summed E-state index contributed by atoms with van der Waals surface area (Å²) in [7, 11) is 0. The Morgan fingerprint density at radius 1 is 1.13 bits per heavy atom. The van der Waals surface area contributed by atoms with Crippen LogP contribution in [0.1, 0.15) is 56.3 Å². The van der Waals surface area contributed by atoms with E-state index in [0.717, 1.165) is 55.1 Å². The van der Waals surface area contributed by atoms with Crippen LogP contribution in [0.2, 0.25) is 0 Å². The smallest absolute Gasteiger partial charge is 0.122 e. The van der Waals surface area contributed by atoms with Gasteiger partial charge in [0, 0.05) is 19.1 Å². The summed E-state index contributed by atoms with van der Waals surface area (Å²) in [6.07, 6.45) is 2.38. The number of halogens is 1. The van der Waals surface area contributed by atoms with E-state index in [-0.39, 0.29) is 19.0 Å². The number of hydrogen-bond acceptors (Lipinski definition) is 4. The molecule has 1 aromatic heterocycles. The van der Waals surface area contributed by atoms with Gasteiger partial charge in [-0.25, -0.2) is 4.98 Å². The molecule has 1 saturated heterocycles. The first-order chi connectivity index (χ1) is 14.7. The standard InChI is InChI=1S/C25H32N2O3.ClH/c1-3-18(2)21-8-4-7-11-24(21)30-17-20(28)16-27-23-10-6-5-9-22(23)26-25(27)19-12-14-29-15-13-19;/h4-11,18-20,28H,3,12-17H2,1-2H3;1H. The molecule has 2 heterocycles. The molecule has 2 atom stereocenters. The van der Waals surface area contributed by atoms with Gasteiger partial charge in [0.15, 0.2) is 0 Å². The van der Waals surface area contributed by atoms with Gasteiger partial charge in [0.2, 0.25) is 0 Å². The lowest BCUT2D eigenvalue weighted by molar-refractivity contribution is 0.0779. The fourth-order valence-electron chi connectivity index (χ4n) is 4.24. The second-order valence-corrected chi connectivity index (χ2v) is 8.27. The summed E-state index contributed by atoms with van der Waals surface area (Å²) in [6.45, 7) is 6.65. The zero-order chi connectivity index (χ0) is 20.9. The van der Waals surface area contributed by atoms with Gasteiger partial charge in [0.25, 0.3) is 0 Å². The second kappa shape index (κ2) is 11.0. The molecule has 0 radical (unpaired) electrons. The molecule has 2 unspecified atom stereocenters. The van der Waals surface area contributed by atoms with Crippen molar-refractivity contribution in [3.8, 4) is 5.75 Å². The lowest BCUT2D eigenvalue weighted by Gasteiger charge is -2.24. The molecule has 1 fully saturated rings. The normalized spacial score (nSPS) is 16.6. The zero-order valence-corrected chi connectivity index (χ0v) is 19.2. The number of fused-ring (bicyclic) bond motifs is 1. The summed E-state index contributed by atoms with van der Waals surface area (Å²) in [5, 5.41) is 10.9. The monoisotopic (exact) mass is 444 g/mol. The quantitative estimate of drug-likeness (QED) is 0.511. The Bertz CT molecular complexity index is 968. The van der Waals surface area contributed by atoms with Crippen molar-refractivity contribution in [1.29, 1.82) is 0 Å². The molecule has 31 heavy (non-hydrogen) atoms. The minimum absolute atomic E-state index is 0. The van der Waals surface area contributed by atoms with Crippen LogP contribution in [-0.2, 0) is 11.3 Å². The van der Waals surface area contributed by atoms with Gasteiger partial charge in [-0.1, -0.05) is 44.2 Å². The average Bonchev–Trinajstić information content (AvgIpc) is 3.16. The van der Waals surface area contributed by atoms with Crippen molar-refractivity contribution < 1.29 is 14.6 Å². The van der Waals surface area contributed by atoms with Crippen LogP contribution in [0, 0.1) is 0 Å². The third-order valence-electron chi connectivity index (χ3n) is 6.16. The number of rotatable bonds is 8. The zero-order valence-electron chi connectivity index (χ0n) is 18.4. The van der Waals surface area contributed by atoms with Gasteiger partial charge < -0.3 is 19.1 Å². The molecule has 4 rings (SSSR count). The Morgan fingerprint density at radius 2 is 1.84 bits per heavy atom. The fourth-order valence-corrected chi connectivity index (χ4v) is 4.24. The number of imidazole rings is 1. The van der Waals surface area contributed by atoms with Crippen molar-refractivity contribution in [3.63, 3.8) is 0 Å². The molecule has 0 amide bonds. The van der Waals surface area contributed by atoms with E-state index in [1.54, 1.807) is 0 Å². The van der Waals surface area contributed by atoms with Crippen LogP contribution in [0.4, 0.5) is 0 Å². The number of benzene rings is 2. The Balaban J connectivity index is 0.00000272. The number of nitrogens with zero attached hydrogens (tertiary/aromatic N) is 2. The number of hydrogen-bond donors (Lipinski definition) is 1. The summed E-state index contributed by atoms with van der Waals surface area (Å²) < 4.78 is 13.8. The minimum Gasteiger partial charge on any atom is -0.491 e. The van der Waals surface area contributed by atoms with Crippen LogP contribution in [0.3, 0.4) is 0 Å². The van der Waals surface area contributed by atoms with Gasteiger partial charge >= 0.3 is 0 Å². The van der Waals surface area contributed by atoms with E-state index >= 15 is 0 Å². The van der Waals surface area contributed by atoms with Gasteiger partial charge in [-0.3, -0.25) is 0 Å². The largest absolute Gasteiger partial charge is 0.491 e. The minimum atomic E-state index is -0.619. The first-order valence-corrected chi connectivity index (χ1v) is 11.1. The van der Waals surface area contributed by atoms with Crippen LogP contribution in [-0.4, -0.2) is 40.6 Å². The van der Waals surface area contributed by atoms with Gasteiger partial charge in [0.05, 0.1) is 17.6 Å². The van der Waals surface area contributed by atoms with Crippen LogP contribution in [0.5, 0.6) is 5.75 Å². The number of para-hydroxylation sites is 3. The highest BCUT2D eigenvalue weighted by Gasteiger charge is 2.24. The van der Waals surface area contributed by atoms with E-state index in [1.165, 1.54) is 5.56 Å². The summed E-state index contributed by atoms with van der Waals surface area (Å²) >= 11 is 0. The third kappa shape index (κ3) is 5.40. The first kappa shape index (κ1) is 23.6. The van der Waals surface area contributed by atoms with Crippen molar-refractivity contribution in [3.05, 3.63) is 59.9 Å². The number of aliphatic hydroxyl groups excluding tert-OH is 1. The molecule has 0 saturated carbocycles. The maximum absolute atomic E-state index is 10.9. The highest BCUT2D eigenvalue weighted by Crippen LogP contribution is 2.31. The molecule has 0 bridgehead atoms.